The van der Waals surface area contributed by atoms with Crippen molar-refractivity contribution in [1.29, 1.82) is 0 Å². The summed E-state index contributed by atoms with van der Waals surface area (Å²) in [5.74, 6) is -0.401. The minimum Gasteiger partial charge on any atom is -0.371 e. The summed E-state index contributed by atoms with van der Waals surface area (Å²) in [6, 6.07) is 8.79. The Balaban J connectivity index is 1.71. The molecule has 2 heterocycles. The second-order valence-electron chi connectivity index (χ2n) is 5.54. The van der Waals surface area contributed by atoms with Gasteiger partial charge in [0, 0.05) is 25.8 Å². The number of halogens is 2. The third kappa shape index (κ3) is 3.46. The van der Waals surface area contributed by atoms with Crippen molar-refractivity contribution in [1.82, 2.24) is 9.88 Å². The van der Waals surface area contributed by atoms with Crippen molar-refractivity contribution in [2.45, 2.75) is 19.6 Å². The number of hydrogen-bond donors (Lipinski definition) is 0. The van der Waals surface area contributed by atoms with E-state index in [-0.39, 0.29) is 11.1 Å². The quantitative estimate of drug-likeness (QED) is 0.861. The lowest BCUT2D eigenvalue weighted by Crippen LogP contribution is -2.38. The summed E-state index contributed by atoms with van der Waals surface area (Å²) in [6.45, 7) is 5.12. The van der Waals surface area contributed by atoms with Gasteiger partial charge in [-0.15, -0.1) is 0 Å². The Labute approximate surface area is 134 Å². The van der Waals surface area contributed by atoms with Gasteiger partial charge in [0.2, 0.25) is 0 Å². The van der Waals surface area contributed by atoms with Gasteiger partial charge in [-0.3, -0.25) is 9.88 Å². The highest BCUT2D eigenvalue weighted by atomic mass is 35.5. The average molecular weight is 321 g/mol. The number of nitrogens with zero attached hydrogens (tertiary/aromatic N) is 2. The molecular formula is C17H18ClFN2O. The van der Waals surface area contributed by atoms with Gasteiger partial charge in [0.05, 0.1) is 23.4 Å². The molecule has 0 saturated carbocycles. The normalized spacial score (nSPS) is 19.3. The van der Waals surface area contributed by atoms with Crippen LogP contribution in [0.5, 0.6) is 0 Å². The average Bonchev–Trinajstić information content (AvgIpc) is 2.53. The molecule has 116 valence electrons. The maximum Gasteiger partial charge on any atom is 0.141 e. The molecule has 1 aromatic carbocycles. The molecule has 0 amide bonds. The first kappa shape index (κ1) is 15.4. The molecule has 3 nitrogen and oxygen atoms in total. The maximum absolute atomic E-state index is 13.3. The van der Waals surface area contributed by atoms with Gasteiger partial charge in [-0.1, -0.05) is 23.7 Å². The second-order valence-corrected chi connectivity index (χ2v) is 5.94. The summed E-state index contributed by atoms with van der Waals surface area (Å²) in [4.78, 5) is 6.75. The first-order valence-corrected chi connectivity index (χ1v) is 7.70. The van der Waals surface area contributed by atoms with E-state index in [4.69, 9.17) is 16.3 Å². The zero-order chi connectivity index (χ0) is 15.5. The molecular weight excluding hydrogens is 303 g/mol. The highest BCUT2D eigenvalue weighted by Gasteiger charge is 2.23. The van der Waals surface area contributed by atoms with E-state index < -0.39 is 5.82 Å². The molecule has 0 spiro atoms. The zero-order valence-electron chi connectivity index (χ0n) is 12.4. The fraction of sp³-hybridized carbons (Fsp3) is 0.353. The number of aryl methyl sites for hydroxylation is 1. The van der Waals surface area contributed by atoms with Gasteiger partial charge in [-0.2, -0.15) is 0 Å². The SMILES string of the molecule is Cc1cccnc1CN1CCOC(c2ccc(F)c(Cl)c2)C1. The molecule has 1 aromatic heterocycles. The number of hydrogen-bond acceptors (Lipinski definition) is 3. The molecule has 0 aliphatic carbocycles. The summed E-state index contributed by atoms with van der Waals surface area (Å²) in [6.07, 6.45) is 1.73. The fourth-order valence-corrected chi connectivity index (χ4v) is 2.85. The van der Waals surface area contributed by atoms with Crippen molar-refractivity contribution in [2.24, 2.45) is 0 Å². The van der Waals surface area contributed by atoms with Crippen LogP contribution < -0.4 is 0 Å². The van der Waals surface area contributed by atoms with E-state index in [1.54, 1.807) is 12.1 Å². The van der Waals surface area contributed by atoms with Crippen LogP contribution in [0.25, 0.3) is 0 Å². The van der Waals surface area contributed by atoms with Crippen molar-refractivity contribution in [2.75, 3.05) is 19.7 Å². The Morgan fingerprint density at radius 1 is 1.41 bits per heavy atom. The van der Waals surface area contributed by atoms with Gasteiger partial charge >= 0.3 is 0 Å². The number of benzene rings is 1. The van der Waals surface area contributed by atoms with Gasteiger partial charge in [0.15, 0.2) is 0 Å². The first-order valence-electron chi connectivity index (χ1n) is 7.33. The molecule has 1 fully saturated rings. The molecule has 0 N–H and O–H groups in total. The van der Waals surface area contributed by atoms with Crippen LogP contribution in [0.4, 0.5) is 4.39 Å². The standard InChI is InChI=1S/C17H18ClFN2O/c1-12-3-2-6-20-16(12)10-21-7-8-22-17(11-21)13-4-5-15(19)14(18)9-13/h2-6,9,17H,7-8,10-11H2,1H3. The van der Waals surface area contributed by atoms with Gasteiger partial charge < -0.3 is 4.74 Å². The zero-order valence-corrected chi connectivity index (χ0v) is 13.2. The van der Waals surface area contributed by atoms with Crippen LogP contribution in [0.2, 0.25) is 5.02 Å². The molecule has 22 heavy (non-hydrogen) atoms. The highest BCUT2D eigenvalue weighted by Crippen LogP contribution is 2.26. The summed E-state index contributed by atoms with van der Waals surface area (Å²) in [7, 11) is 0. The number of ether oxygens (including phenoxy) is 1. The molecule has 0 radical (unpaired) electrons. The summed E-state index contributed by atoms with van der Waals surface area (Å²) in [5.41, 5.74) is 3.18. The molecule has 1 atom stereocenters. The van der Waals surface area contributed by atoms with Crippen molar-refractivity contribution in [3.63, 3.8) is 0 Å². The van der Waals surface area contributed by atoms with E-state index >= 15 is 0 Å². The minimum atomic E-state index is -0.401. The molecule has 3 rings (SSSR count). The number of pyridine rings is 1. The Hall–Kier alpha value is -1.49. The highest BCUT2D eigenvalue weighted by molar-refractivity contribution is 6.30. The van der Waals surface area contributed by atoms with E-state index in [1.165, 1.54) is 11.6 Å². The summed E-state index contributed by atoms with van der Waals surface area (Å²) in [5, 5.41) is 0.138. The minimum absolute atomic E-state index is 0.0872. The molecule has 1 aliphatic rings. The van der Waals surface area contributed by atoms with Crippen LogP contribution in [0.3, 0.4) is 0 Å². The molecule has 1 unspecified atom stereocenters. The largest absolute Gasteiger partial charge is 0.371 e. The van der Waals surface area contributed by atoms with Crippen molar-refractivity contribution < 1.29 is 9.13 Å². The fourth-order valence-electron chi connectivity index (χ4n) is 2.66. The third-order valence-electron chi connectivity index (χ3n) is 3.96. The van der Waals surface area contributed by atoms with Crippen molar-refractivity contribution in [3.8, 4) is 0 Å². The molecule has 5 heteroatoms. The predicted octanol–water partition coefficient (Wildman–Crippen LogP) is 3.76. The number of morpholine rings is 1. The Morgan fingerprint density at radius 2 is 2.27 bits per heavy atom. The van der Waals surface area contributed by atoms with Crippen molar-refractivity contribution >= 4 is 11.6 Å². The van der Waals surface area contributed by atoms with Crippen LogP contribution in [-0.2, 0) is 11.3 Å². The van der Waals surface area contributed by atoms with Gasteiger partial charge in [-0.25, -0.2) is 4.39 Å². The van der Waals surface area contributed by atoms with E-state index in [0.717, 1.165) is 30.9 Å². The lowest BCUT2D eigenvalue weighted by atomic mass is 10.1. The predicted molar refractivity (Wildman–Crippen MR) is 84.4 cm³/mol. The molecule has 1 saturated heterocycles. The Kier molecular flexibility index (Phi) is 4.71. The van der Waals surface area contributed by atoms with Gasteiger partial charge in [0.25, 0.3) is 0 Å². The second kappa shape index (κ2) is 6.73. The number of aromatic nitrogens is 1. The van der Waals surface area contributed by atoms with Crippen LogP contribution in [0.1, 0.15) is 22.9 Å². The maximum atomic E-state index is 13.3. The Bertz CT molecular complexity index is 665. The lowest BCUT2D eigenvalue weighted by Gasteiger charge is -2.33. The lowest BCUT2D eigenvalue weighted by molar-refractivity contribution is -0.0333. The Morgan fingerprint density at radius 3 is 3.05 bits per heavy atom. The van der Waals surface area contributed by atoms with Crippen LogP contribution in [0.15, 0.2) is 36.5 Å². The smallest absolute Gasteiger partial charge is 0.141 e. The van der Waals surface area contributed by atoms with E-state index in [0.29, 0.717) is 6.61 Å². The molecule has 1 aliphatic heterocycles. The van der Waals surface area contributed by atoms with E-state index in [9.17, 15) is 4.39 Å². The third-order valence-corrected chi connectivity index (χ3v) is 4.25. The van der Waals surface area contributed by atoms with E-state index in [1.807, 2.05) is 12.3 Å². The van der Waals surface area contributed by atoms with Crippen LogP contribution in [-0.4, -0.2) is 29.6 Å². The monoisotopic (exact) mass is 320 g/mol. The van der Waals surface area contributed by atoms with E-state index in [2.05, 4.69) is 22.9 Å². The van der Waals surface area contributed by atoms with Crippen LogP contribution >= 0.6 is 11.6 Å². The number of rotatable bonds is 3. The first-order chi connectivity index (χ1) is 10.6. The van der Waals surface area contributed by atoms with Gasteiger partial charge in [-0.05, 0) is 36.2 Å². The van der Waals surface area contributed by atoms with Crippen molar-refractivity contribution in [3.05, 3.63) is 64.2 Å². The topological polar surface area (TPSA) is 25.4 Å². The summed E-state index contributed by atoms with van der Waals surface area (Å²) < 4.78 is 19.1. The summed E-state index contributed by atoms with van der Waals surface area (Å²) >= 11 is 5.87. The molecule has 0 bridgehead atoms. The van der Waals surface area contributed by atoms with Crippen LogP contribution in [0, 0.1) is 12.7 Å². The molecule has 2 aromatic rings. The van der Waals surface area contributed by atoms with Gasteiger partial charge in [0.1, 0.15) is 5.82 Å².